The van der Waals surface area contributed by atoms with Crippen LogP contribution in [0.15, 0.2) is 36.4 Å². The summed E-state index contributed by atoms with van der Waals surface area (Å²) >= 11 is 5.82. The van der Waals surface area contributed by atoms with Gasteiger partial charge in [-0.05, 0) is 24.3 Å². The Labute approximate surface area is 149 Å². The first-order valence-electron chi connectivity index (χ1n) is 6.81. The summed E-state index contributed by atoms with van der Waals surface area (Å²) in [6.45, 7) is 0. The zero-order valence-electron chi connectivity index (χ0n) is 12.6. The standard InChI is InChI=1S/C16H8ClF4N3O2/c17-11-3-1-2-4-13(11)23-15(26)24-14(25)9-5-8(7-22)10(6-12(9)18)16(19,20)21/h1-6H,(H2,23,24,25,26). The maximum absolute atomic E-state index is 13.9. The van der Waals surface area contributed by atoms with Crippen LogP contribution in [-0.2, 0) is 6.18 Å². The van der Waals surface area contributed by atoms with Gasteiger partial charge in [0.05, 0.1) is 33.5 Å². The van der Waals surface area contributed by atoms with E-state index in [1.807, 2.05) is 0 Å². The van der Waals surface area contributed by atoms with E-state index in [0.717, 1.165) is 0 Å². The molecule has 0 unspecified atom stereocenters. The zero-order valence-corrected chi connectivity index (χ0v) is 13.4. The van der Waals surface area contributed by atoms with Crippen molar-refractivity contribution in [2.45, 2.75) is 6.18 Å². The molecule has 0 spiro atoms. The number of halogens is 5. The molecular weight excluding hydrogens is 378 g/mol. The van der Waals surface area contributed by atoms with Crippen molar-refractivity contribution in [2.75, 3.05) is 5.32 Å². The minimum Gasteiger partial charge on any atom is -0.306 e. The van der Waals surface area contributed by atoms with E-state index >= 15 is 0 Å². The second-order valence-electron chi connectivity index (χ2n) is 4.88. The van der Waals surface area contributed by atoms with Crippen molar-refractivity contribution in [1.82, 2.24) is 5.32 Å². The first kappa shape index (κ1) is 19.2. The molecular formula is C16H8ClF4N3O2. The number of anilines is 1. The van der Waals surface area contributed by atoms with Gasteiger partial charge in [0, 0.05) is 0 Å². The van der Waals surface area contributed by atoms with Gasteiger partial charge in [0.2, 0.25) is 0 Å². The molecule has 0 aliphatic carbocycles. The van der Waals surface area contributed by atoms with E-state index < -0.39 is 40.6 Å². The number of amides is 3. The van der Waals surface area contributed by atoms with E-state index in [-0.39, 0.29) is 16.8 Å². The molecule has 2 N–H and O–H groups in total. The molecule has 0 aliphatic rings. The Balaban J connectivity index is 2.23. The van der Waals surface area contributed by atoms with Crippen LogP contribution >= 0.6 is 11.6 Å². The van der Waals surface area contributed by atoms with Crippen molar-refractivity contribution < 1.29 is 27.2 Å². The summed E-state index contributed by atoms with van der Waals surface area (Å²) in [5.74, 6) is -2.85. The van der Waals surface area contributed by atoms with Gasteiger partial charge in [-0.25, -0.2) is 9.18 Å². The predicted molar refractivity (Wildman–Crippen MR) is 84.1 cm³/mol. The maximum atomic E-state index is 13.9. The second-order valence-corrected chi connectivity index (χ2v) is 5.28. The highest BCUT2D eigenvalue weighted by Gasteiger charge is 2.35. The number of imide groups is 1. The fourth-order valence-corrected chi connectivity index (χ4v) is 2.14. The van der Waals surface area contributed by atoms with Gasteiger partial charge in [-0.15, -0.1) is 0 Å². The number of carbonyl (C=O) groups is 2. The number of benzene rings is 2. The molecule has 3 amide bonds. The van der Waals surface area contributed by atoms with Gasteiger partial charge in [-0.1, -0.05) is 23.7 Å². The van der Waals surface area contributed by atoms with Crippen LogP contribution in [0.1, 0.15) is 21.5 Å². The number of hydrogen-bond donors (Lipinski definition) is 2. The van der Waals surface area contributed by atoms with Gasteiger partial charge in [-0.3, -0.25) is 10.1 Å². The van der Waals surface area contributed by atoms with Gasteiger partial charge in [0.25, 0.3) is 5.91 Å². The summed E-state index contributed by atoms with van der Waals surface area (Å²) in [5, 5.41) is 12.9. The third kappa shape index (κ3) is 4.29. The van der Waals surface area contributed by atoms with Crippen LogP contribution in [0.2, 0.25) is 5.02 Å². The van der Waals surface area contributed by atoms with Gasteiger partial charge >= 0.3 is 12.2 Å². The number of hydrogen-bond acceptors (Lipinski definition) is 3. The SMILES string of the molecule is N#Cc1cc(C(=O)NC(=O)Nc2ccccc2Cl)c(F)cc1C(F)(F)F. The molecule has 0 aliphatic heterocycles. The fourth-order valence-electron chi connectivity index (χ4n) is 1.96. The monoisotopic (exact) mass is 385 g/mol. The van der Waals surface area contributed by atoms with E-state index in [1.54, 1.807) is 17.4 Å². The molecule has 0 heterocycles. The number of nitrogens with one attached hydrogen (secondary N) is 2. The molecule has 0 atom stereocenters. The number of rotatable bonds is 2. The van der Waals surface area contributed by atoms with Gasteiger partial charge in [-0.2, -0.15) is 18.4 Å². The highest BCUT2D eigenvalue weighted by Crippen LogP contribution is 2.33. The average molecular weight is 386 g/mol. The molecule has 0 aromatic heterocycles. The smallest absolute Gasteiger partial charge is 0.306 e. The normalized spacial score (nSPS) is 10.8. The lowest BCUT2D eigenvalue weighted by molar-refractivity contribution is -0.138. The Hall–Kier alpha value is -3.12. The van der Waals surface area contributed by atoms with E-state index in [0.29, 0.717) is 6.07 Å². The number of carbonyl (C=O) groups excluding carboxylic acids is 2. The van der Waals surface area contributed by atoms with Crippen molar-refractivity contribution in [3.8, 4) is 6.07 Å². The molecule has 134 valence electrons. The van der Waals surface area contributed by atoms with Crippen LogP contribution in [0.5, 0.6) is 0 Å². The zero-order chi connectivity index (χ0) is 19.5. The molecule has 0 radical (unpaired) electrons. The third-order valence-electron chi connectivity index (χ3n) is 3.13. The summed E-state index contributed by atoms with van der Waals surface area (Å²) in [7, 11) is 0. The molecule has 2 aromatic carbocycles. The first-order valence-corrected chi connectivity index (χ1v) is 7.19. The molecule has 0 saturated carbocycles. The summed E-state index contributed by atoms with van der Waals surface area (Å²) in [6.07, 6.45) is -4.97. The lowest BCUT2D eigenvalue weighted by atomic mass is 10.0. The maximum Gasteiger partial charge on any atom is 0.417 e. The highest BCUT2D eigenvalue weighted by molar-refractivity contribution is 6.33. The lowest BCUT2D eigenvalue weighted by Crippen LogP contribution is -2.35. The Kier molecular flexibility index (Phi) is 5.47. The molecule has 2 rings (SSSR count). The number of nitrogens with zero attached hydrogens (tertiary/aromatic N) is 1. The average Bonchev–Trinajstić information content (AvgIpc) is 2.55. The van der Waals surface area contributed by atoms with E-state index in [4.69, 9.17) is 16.9 Å². The van der Waals surface area contributed by atoms with E-state index in [1.165, 1.54) is 18.2 Å². The Bertz CT molecular complexity index is 923. The molecule has 0 fully saturated rings. The number of nitriles is 1. The van der Waals surface area contributed by atoms with Crippen LogP contribution in [0.4, 0.5) is 28.0 Å². The molecule has 26 heavy (non-hydrogen) atoms. The molecule has 0 bridgehead atoms. The molecule has 0 saturated heterocycles. The second kappa shape index (κ2) is 7.41. The Morgan fingerprint density at radius 1 is 1.15 bits per heavy atom. The molecule has 10 heteroatoms. The van der Waals surface area contributed by atoms with Crippen LogP contribution in [0.25, 0.3) is 0 Å². The van der Waals surface area contributed by atoms with E-state index in [2.05, 4.69) is 5.32 Å². The minimum atomic E-state index is -4.97. The lowest BCUT2D eigenvalue weighted by Gasteiger charge is -2.12. The largest absolute Gasteiger partial charge is 0.417 e. The Morgan fingerprint density at radius 2 is 1.81 bits per heavy atom. The minimum absolute atomic E-state index is 0.0272. The highest BCUT2D eigenvalue weighted by atomic mass is 35.5. The van der Waals surface area contributed by atoms with Gasteiger partial charge in [0.15, 0.2) is 0 Å². The van der Waals surface area contributed by atoms with Crippen LogP contribution in [-0.4, -0.2) is 11.9 Å². The third-order valence-corrected chi connectivity index (χ3v) is 3.46. The Morgan fingerprint density at radius 3 is 2.38 bits per heavy atom. The predicted octanol–water partition coefficient (Wildman–Crippen LogP) is 4.33. The van der Waals surface area contributed by atoms with Crippen LogP contribution in [0, 0.1) is 17.1 Å². The summed E-state index contributed by atoms with van der Waals surface area (Å²) in [6, 6.07) is 6.66. The topological polar surface area (TPSA) is 82.0 Å². The number of alkyl halides is 3. The summed E-state index contributed by atoms with van der Waals surface area (Å²) < 4.78 is 52.1. The van der Waals surface area contributed by atoms with Gasteiger partial charge < -0.3 is 5.32 Å². The van der Waals surface area contributed by atoms with Crippen LogP contribution in [0.3, 0.4) is 0 Å². The fraction of sp³-hybridized carbons (Fsp3) is 0.0625. The van der Waals surface area contributed by atoms with Crippen molar-refractivity contribution in [3.05, 3.63) is 63.9 Å². The first-order chi connectivity index (χ1) is 12.1. The van der Waals surface area contributed by atoms with E-state index in [9.17, 15) is 27.2 Å². The summed E-state index contributed by atoms with van der Waals surface area (Å²) in [4.78, 5) is 23.7. The van der Waals surface area contributed by atoms with Crippen molar-refractivity contribution in [3.63, 3.8) is 0 Å². The molecule has 5 nitrogen and oxygen atoms in total. The quantitative estimate of drug-likeness (QED) is 0.755. The summed E-state index contributed by atoms with van der Waals surface area (Å²) in [5.41, 5.74) is -3.20. The number of para-hydroxylation sites is 1. The van der Waals surface area contributed by atoms with Crippen molar-refractivity contribution in [1.29, 1.82) is 5.26 Å². The van der Waals surface area contributed by atoms with Crippen molar-refractivity contribution in [2.24, 2.45) is 0 Å². The van der Waals surface area contributed by atoms with Crippen LogP contribution < -0.4 is 10.6 Å². The van der Waals surface area contributed by atoms with Gasteiger partial charge in [0.1, 0.15) is 5.82 Å². The number of urea groups is 1. The molecule has 2 aromatic rings. The van der Waals surface area contributed by atoms with Crippen molar-refractivity contribution >= 4 is 29.2 Å².